The number of nitrogens with one attached hydrogen (secondary N) is 1. The molecule has 49 heavy (non-hydrogen) atoms. The molecule has 1 aliphatic carbocycles. The van der Waals surface area contributed by atoms with Gasteiger partial charge in [0.2, 0.25) is 11.8 Å². The van der Waals surface area contributed by atoms with Crippen LogP contribution in [0.4, 0.5) is 5.69 Å². The van der Waals surface area contributed by atoms with Gasteiger partial charge in [-0.05, 0) is 60.4 Å². The van der Waals surface area contributed by atoms with Gasteiger partial charge < -0.3 is 19.7 Å². The van der Waals surface area contributed by atoms with E-state index in [1.54, 1.807) is 48.5 Å². The molecule has 1 fully saturated rings. The minimum atomic E-state index is -4.29. The number of sulfonamides is 1. The quantitative estimate of drug-likeness (QED) is 0.152. The third-order valence-corrected chi connectivity index (χ3v) is 11.1. The zero-order chi connectivity index (χ0) is 35.0. The highest BCUT2D eigenvalue weighted by atomic mass is 35.5. The molecule has 0 aromatic heterocycles. The molecule has 0 radical (unpaired) electrons. The molecule has 12 heteroatoms. The lowest BCUT2D eigenvalue weighted by atomic mass is 10.0. The van der Waals surface area contributed by atoms with Crippen LogP contribution in [0.15, 0.2) is 102 Å². The first kappa shape index (κ1) is 36.0. The van der Waals surface area contributed by atoms with Gasteiger partial charge in [0.15, 0.2) is 11.5 Å². The van der Waals surface area contributed by atoms with E-state index in [9.17, 15) is 18.0 Å². The molecule has 258 valence electrons. The molecule has 0 spiro atoms. The highest BCUT2D eigenvalue weighted by Crippen LogP contribution is 2.34. The Morgan fingerprint density at radius 3 is 2.10 bits per heavy atom. The van der Waals surface area contributed by atoms with E-state index in [0.29, 0.717) is 21.4 Å². The number of nitrogens with zero attached hydrogens (tertiary/aromatic N) is 2. The Balaban J connectivity index is 1.60. The Bertz CT molecular complexity index is 1850. The molecule has 5 rings (SSSR count). The Hall–Kier alpha value is -4.25. The van der Waals surface area contributed by atoms with Crippen LogP contribution < -0.4 is 19.1 Å². The highest BCUT2D eigenvalue weighted by Gasteiger charge is 2.36. The van der Waals surface area contributed by atoms with E-state index in [4.69, 9.17) is 32.7 Å². The van der Waals surface area contributed by atoms with Gasteiger partial charge in [0.05, 0.1) is 34.8 Å². The van der Waals surface area contributed by atoms with E-state index >= 15 is 0 Å². The van der Waals surface area contributed by atoms with Gasteiger partial charge in [0.25, 0.3) is 10.0 Å². The second-order valence-corrected chi connectivity index (χ2v) is 14.5. The predicted octanol–water partition coefficient (Wildman–Crippen LogP) is 6.90. The SMILES string of the molecule is COc1ccc(N(CC(=O)N(Cc2ccc(Cl)c(Cl)c2)[C@H](Cc2ccccc2)C(=O)NC2CCCC2)S(=O)(=O)c2ccccc2)cc1OC. The van der Waals surface area contributed by atoms with Crippen LogP contribution in [0, 0.1) is 0 Å². The molecule has 0 aliphatic heterocycles. The number of amides is 2. The van der Waals surface area contributed by atoms with Crippen molar-refractivity contribution in [2.45, 2.75) is 55.6 Å². The van der Waals surface area contributed by atoms with Crippen molar-refractivity contribution in [3.05, 3.63) is 118 Å². The second-order valence-electron chi connectivity index (χ2n) is 11.8. The number of ether oxygens (including phenoxy) is 2. The van der Waals surface area contributed by atoms with Crippen molar-refractivity contribution >= 4 is 50.7 Å². The molecule has 1 saturated carbocycles. The Morgan fingerprint density at radius 1 is 0.816 bits per heavy atom. The minimum Gasteiger partial charge on any atom is -0.493 e. The second kappa shape index (κ2) is 16.4. The molecule has 2 amide bonds. The number of carbonyl (C=O) groups excluding carboxylic acids is 2. The van der Waals surface area contributed by atoms with Crippen molar-refractivity contribution in [3.63, 3.8) is 0 Å². The molecule has 0 unspecified atom stereocenters. The molecule has 4 aromatic rings. The van der Waals surface area contributed by atoms with Gasteiger partial charge in [-0.3, -0.25) is 13.9 Å². The first-order chi connectivity index (χ1) is 23.6. The molecular formula is C37H39Cl2N3O6S. The lowest BCUT2D eigenvalue weighted by Crippen LogP contribution is -2.54. The molecule has 1 N–H and O–H groups in total. The van der Waals surface area contributed by atoms with Gasteiger partial charge in [-0.1, -0.05) is 90.6 Å². The number of anilines is 1. The summed E-state index contributed by atoms with van der Waals surface area (Å²) >= 11 is 12.6. The average molecular weight is 725 g/mol. The molecule has 0 heterocycles. The zero-order valence-corrected chi connectivity index (χ0v) is 29.7. The van der Waals surface area contributed by atoms with Crippen molar-refractivity contribution in [2.24, 2.45) is 0 Å². The third-order valence-electron chi connectivity index (χ3n) is 8.57. The van der Waals surface area contributed by atoms with Gasteiger partial charge in [-0.25, -0.2) is 8.42 Å². The Morgan fingerprint density at radius 2 is 1.47 bits per heavy atom. The van der Waals surface area contributed by atoms with E-state index < -0.39 is 28.5 Å². The molecule has 1 aliphatic rings. The number of carbonyl (C=O) groups is 2. The van der Waals surface area contributed by atoms with Crippen LogP contribution in [0.2, 0.25) is 10.0 Å². The molecule has 4 aromatic carbocycles. The average Bonchev–Trinajstić information content (AvgIpc) is 3.63. The van der Waals surface area contributed by atoms with Crippen molar-refractivity contribution < 1.29 is 27.5 Å². The summed E-state index contributed by atoms with van der Waals surface area (Å²) in [6.45, 7) is -0.646. The van der Waals surface area contributed by atoms with E-state index in [-0.39, 0.29) is 41.2 Å². The highest BCUT2D eigenvalue weighted by molar-refractivity contribution is 7.92. The minimum absolute atomic E-state index is 0.00516. The van der Waals surface area contributed by atoms with Crippen molar-refractivity contribution in [1.82, 2.24) is 10.2 Å². The maximum Gasteiger partial charge on any atom is 0.264 e. The summed E-state index contributed by atoms with van der Waals surface area (Å²) < 4.78 is 40.5. The van der Waals surface area contributed by atoms with Crippen LogP contribution in [-0.4, -0.2) is 58.0 Å². The summed E-state index contributed by atoms with van der Waals surface area (Å²) in [5, 5.41) is 3.80. The number of benzene rings is 4. The van der Waals surface area contributed by atoms with E-state index in [1.165, 1.54) is 37.3 Å². The lowest BCUT2D eigenvalue weighted by molar-refractivity contribution is -0.140. The normalized spacial score (nSPS) is 13.8. The van der Waals surface area contributed by atoms with Crippen LogP contribution in [0.5, 0.6) is 11.5 Å². The topological polar surface area (TPSA) is 105 Å². The maximum atomic E-state index is 14.7. The van der Waals surface area contributed by atoms with Crippen molar-refractivity contribution in [2.75, 3.05) is 25.1 Å². The summed E-state index contributed by atoms with van der Waals surface area (Å²) in [7, 11) is -1.37. The summed E-state index contributed by atoms with van der Waals surface area (Å²) in [5.74, 6) is -0.232. The fraction of sp³-hybridized carbons (Fsp3) is 0.297. The summed E-state index contributed by atoms with van der Waals surface area (Å²) in [6.07, 6.45) is 3.93. The maximum absolute atomic E-state index is 14.7. The molecule has 0 bridgehead atoms. The fourth-order valence-corrected chi connectivity index (χ4v) is 7.73. The lowest BCUT2D eigenvalue weighted by Gasteiger charge is -2.34. The summed E-state index contributed by atoms with van der Waals surface area (Å²) in [5.41, 5.74) is 1.65. The largest absolute Gasteiger partial charge is 0.493 e. The number of hydrogen-bond acceptors (Lipinski definition) is 6. The molecule has 0 saturated heterocycles. The van der Waals surface area contributed by atoms with Gasteiger partial charge in [-0.15, -0.1) is 0 Å². The van der Waals surface area contributed by atoms with Gasteiger partial charge >= 0.3 is 0 Å². The Labute approximate surface area is 297 Å². The number of halogens is 2. The standard InChI is InChI=1S/C37H39Cl2N3O6S/c1-47-34-20-18-29(23-35(34)48-2)42(49(45,46)30-15-7-4-8-16-30)25-36(43)41(24-27-17-19-31(38)32(39)21-27)33(22-26-11-5-3-6-12-26)37(44)40-28-13-9-10-14-28/h3-8,11-12,15-21,23,28,33H,9-10,13-14,22,24-25H2,1-2H3,(H,40,44)/t33-/m1/s1. The predicted molar refractivity (Wildman–Crippen MR) is 192 cm³/mol. The van der Waals surface area contributed by atoms with Crippen molar-refractivity contribution in [1.29, 1.82) is 0 Å². The first-order valence-corrected chi connectivity index (χ1v) is 18.2. The monoisotopic (exact) mass is 723 g/mol. The number of methoxy groups -OCH3 is 2. The zero-order valence-electron chi connectivity index (χ0n) is 27.4. The van der Waals surface area contributed by atoms with E-state index in [0.717, 1.165) is 35.6 Å². The fourth-order valence-electron chi connectivity index (χ4n) is 5.98. The Kier molecular flexibility index (Phi) is 12.1. The molecular weight excluding hydrogens is 685 g/mol. The third kappa shape index (κ3) is 8.86. The molecule has 1 atom stereocenters. The molecule has 9 nitrogen and oxygen atoms in total. The van der Waals surface area contributed by atoms with Gasteiger partial charge in [-0.2, -0.15) is 0 Å². The van der Waals surface area contributed by atoms with E-state index in [2.05, 4.69) is 5.32 Å². The summed E-state index contributed by atoms with van der Waals surface area (Å²) in [4.78, 5) is 30.3. The number of hydrogen-bond donors (Lipinski definition) is 1. The first-order valence-electron chi connectivity index (χ1n) is 16.0. The number of rotatable bonds is 14. The van der Waals surface area contributed by atoms with Gasteiger partial charge in [0, 0.05) is 25.1 Å². The van der Waals surface area contributed by atoms with Crippen LogP contribution in [0.3, 0.4) is 0 Å². The van der Waals surface area contributed by atoms with Crippen LogP contribution in [0.25, 0.3) is 0 Å². The van der Waals surface area contributed by atoms with Crippen LogP contribution in [-0.2, 0) is 32.6 Å². The smallest absolute Gasteiger partial charge is 0.264 e. The van der Waals surface area contributed by atoms with Crippen LogP contribution >= 0.6 is 23.2 Å². The van der Waals surface area contributed by atoms with Gasteiger partial charge in [0.1, 0.15) is 12.6 Å². The van der Waals surface area contributed by atoms with E-state index in [1.807, 2.05) is 30.3 Å². The van der Waals surface area contributed by atoms with Crippen LogP contribution in [0.1, 0.15) is 36.8 Å². The summed E-state index contributed by atoms with van der Waals surface area (Å²) in [6, 6.07) is 25.9. The van der Waals surface area contributed by atoms with Crippen molar-refractivity contribution in [3.8, 4) is 11.5 Å².